The zero-order valence-corrected chi connectivity index (χ0v) is 17.8. The molecule has 0 radical (unpaired) electrons. The number of phenolic OH excluding ortho intramolecular Hbond substituents is 1. The molecule has 158 valence electrons. The summed E-state index contributed by atoms with van der Waals surface area (Å²) in [6.45, 7) is 9.74. The first-order valence-electron chi connectivity index (χ1n) is 9.88. The second-order valence-electron chi connectivity index (χ2n) is 5.90. The molecule has 0 saturated heterocycles. The van der Waals surface area contributed by atoms with Crippen molar-refractivity contribution in [2.24, 2.45) is 0 Å². The van der Waals surface area contributed by atoms with Crippen LogP contribution in [0.25, 0.3) is 16.5 Å². The van der Waals surface area contributed by atoms with E-state index in [4.69, 9.17) is 13.9 Å². The molecule has 1 heterocycles. The Bertz CT molecular complexity index is 921. The first kappa shape index (κ1) is 24.0. The molecular formula is C23H30O6. The third-order valence-corrected chi connectivity index (χ3v) is 3.84. The number of unbranched alkanes of at least 4 members (excludes halogenated alkanes) is 1. The second-order valence-corrected chi connectivity index (χ2v) is 5.90. The van der Waals surface area contributed by atoms with Gasteiger partial charge in [-0.3, -0.25) is 4.79 Å². The molecule has 0 fully saturated rings. The third kappa shape index (κ3) is 6.82. The molecule has 6 nitrogen and oxygen atoms in total. The summed E-state index contributed by atoms with van der Waals surface area (Å²) in [7, 11) is 0. The number of hydrogen-bond acceptors (Lipinski definition) is 6. The van der Waals surface area contributed by atoms with Gasteiger partial charge in [0.15, 0.2) is 12.0 Å². The number of carbonyl (C=O) groups is 1. The van der Waals surface area contributed by atoms with Crippen LogP contribution >= 0.6 is 0 Å². The van der Waals surface area contributed by atoms with Crippen LogP contribution in [0.3, 0.4) is 0 Å². The molecule has 0 spiro atoms. The number of aromatic hydroxyl groups is 1. The maximum atomic E-state index is 12.4. The highest BCUT2D eigenvalue weighted by Gasteiger charge is 2.14. The van der Waals surface area contributed by atoms with E-state index in [2.05, 4.69) is 0 Å². The van der Waals surface area contributed by atoms with Crippen molar-refractivity contribution in [3.63, 3.8) is 0 Å². The minimum absolute atomic E-state index is 0.0625. The molecule has 1 aromatic carbocycles. The molecule has 2 aromatic rings. The van der Waals surface area contributed by atoms with Crippen molar-refractivity contribution in [1.82, 2.24) is 0 Å². The van der Waals surface area contributed by atoms with Gasteiger partial charge in [0.25, 0.3) is 0 Å². The normalized spacial score (nSPS) is 11.3. The van der Waals surface area contributed by atoms with Gasteiger partial charge >= 0.3 is 5.97 Å². The lowest BCUT2D eigenvalue weighted by atomic mass is 10.1. The van der Waals surface area contributed by atoms with Gasteiger partial charge in [0.2, 0.25) is 0 Å². The van der Waals surface area contributed by atoms with Crippen LogP contribution in [-0.4, -0.2) is 24.3 Å². The summed E-state index contributed by atoms with van der Waals surface area (Å²) in [5.74, 6) is -0.179. The molecule has 0 aliphatic rings. The summed E-state index contributed by atoms with van der Waals surface area (Å²) in [6.07, 6.45) is 7.18. The molecule has 0 aliphatic heterocycles. The smallest absolute Gasteiger partial charge is 0.344 e. The van der Waals surface area contributed by atoms with Gasteiger partial charge in [-0.05, 0) is 20.3 Å². The molecule has 1 N–H and O–H groups in total. The second kappa shape index (κ2) is 12.4. The number of rotatable bonds is 8. The Hall–Kier alpha value is -3.02. The lowest BCUT2D eigenvalue weighted by Gasteiger charge is -2.09. The van der Waals surface area contributed by atoms with E-state index < -0.39 is 5.97 Å². The molecule has 0 amide bonds. The quantitative estimate of drug-likeness (QED) is 0.370. The molecule has 0 bridgehead atoms. The molecule has 0 unspecified atom stereocenters. The molecule has 6 heteroatoms. The third-order valence-electron chi connectivity index (χ3n) is 3.84. The molecule has 0 aliphatic carbocycles. The van der Waals surface area contributed by atoms with E-state index in [1.165, 1.54) is 18.2 Å². The maximum Gasteiger partial charge on any atom is 0.344 e. The van der Waals surface area contributed by atoms with Crippen molar-refractivity contribution in [2.45, 2.75) is 47.5 Å². The Morgan fingerprint density at radius 3 is 2.55 bits per heavy atom. The highest BCUT2D eigenvalue weighted by Crippen LogP contribution is 2.30. The molecule has 0 atom stereocenters. The van der Waals surface area contributed by atoms with Gasteiger partial charge in [-0.1, -0.05) is 45.4 Å². The molecular weight excluding hydrogens is 372 g/mol. The van der Waals surface area contributed by atoms with Crippen molar-refractivity contribution in [3.8, 4) is 11.5 Å². The van der Waals surface area contributed by atoms with Gasteiger partial charge in [-0.15, -0.1) is 0 Å². The summed E-state index contributed by atoms with van der Waals surface area (Å²) in [4.78, 5) is 24.0. The highest BCUT2D eigenvalue weighted by molar-refractivity contribution is 5.86. The van der Waals surface area contributed by atoms with Crippen molar-refractivity contribution in [1.29, 1.82) is 0 Å². The fraction of sp³-hybridized carbons (Fsp3) is 0.391. The standard InChI is InChI=1S/C21H24O6.C2H6/c1-4-7-9-25-20(24)13-26-15-10-16(22)21-17(23)12-18(27-19(21)11-15)14(6-3)8-5-2;1-2/h5-6,8,10-12,22H,4,7,9,13H2,1-3H3;1-2H3/b8-5-,14-6+;. The number of benzene rings is 1. The first-order valence-corrected chi connectivity index (χ1v) is 9.88. The topological polar surface area (TPSA) is 86.0 Å². The summed E-state index contributed by atoms with van der Waals surface area (Å²) >= 11 is 0. The average Bonchev–Trinajstić information content (AvgIpc) is 2.71. The van der Waals surface area contributed by atoms with Crippen LogP contribution in [0.15, 0.2) is 45.6 Å². The van der Waals surface area contributed by atoms with E-state index in [1.54, 1.807) is 0 Å². The van der Waals surface area contributed by atoms with Gasteiger partial charge in [0.1, 0.15) is 28.2 Å². The molecule has 1 aromatic heterocycles. The van der Waals surface area contributed by atoms with Gasteiger partial charge in [0.05, 0.1) is 6.61 Å². The first-order chi connectivity index (χ1) is 14.0. The Labute approximate surface area is 171 Å². The van der Waals surface area contributed by atoms with Crippen LogP contribution in [0, 0.1) is 0 Å². The lowest BCUT2D eigenvalue weighted by Crippen LogP contribution is -2.15. The van der Waals surface area contributed by atoms with Crippen molar-refractivity contribution >= 4 is 22.5 Å². The number of fused-ring (bicyclic) bond motifs is 1. The fourth-order valence-corrected chi connectivity index (χ4v) is 2.48. The number of allylic oxidation sites excluding steroid dienone is 4. The molecule has 0 saturated carbocycles. The Morgan fingerprint density at radius 2 is 1.93 bits per heavy atom. The van der Waals surface area contributed by atoms with Crippen LogP contribution in [0.5, 0.6) is 11.5 Å². The predicted octanol–water partition coefficient (Wildman–Crippen LogP) is 5.23. The van der Waals surface area contributed by atoms with Crippen LogP contribution in [0.2, 0.25) is 0 Å². The van der Waals surface area contributed by atoms with E-state index in [-0.39, 0.29) is 34.5 Å². The fourth-order valence-electron chi connectivity index (χ4n) is 2.48. The molecule has 2 rings (SSSR count). The zero-order chi connectivity index (χ0) is 21.8. The van der Waals surface area contributed by atoms with Crippen LogP contribution in [0.4, 0.5) is 0 Å². The van der Waals surface area contributed by atoms with E-state index in [9.17, 15) is 14.7 Å². The van der Waals surface area contributed by atoms with Gasteiger partial charge in [0, 0.05) is 23.8 Å². The van der Waals surface area contributed by atoms with Crippen LogP contribution in [-0.2, 0) is 9.53 Å². The summed E-state index contributed by atoms with van der Waals surface area (Å²) < 4.78 is 16.2. The average molecular weight is 402 g/mol. The largest absolute Gasteiger partial charge is 0.507 e. The zero-order valence-electron chi connectivity index (χ0n) is 17.8. The number of esters is 1. The van der Waals surface area contributed by atoms with Gasteiger partial charge in [-0.25, -0.2) is 4.79 Å². The van der Waals surface area contributed by atoms with Gasteiger partial charge < -0.3 is 19.0 Å². The maximum absolute atomic E-state index is 12.4. The highest BCUT2D eigenvalue weighted by atomic mass is 16.6. The van der Waals surface area contributed by atoms with Crippen molar-refractivity contribution < 1.29 is 23.8 Å². The summed E-state index contributed by atoms with van der Waals surface area (Å²) in [5.41, 5.74) is 0.552. The SMILES string of the molecule is C/C=C\C(=C/C)c1cc(=O)c2c(O)cc(OCC(=O)OCCCC)cc2o1.CC. The number of carbonyl (C=O) groups excluding carboxylic acids is 1. The lowest BCUT2D eigenvalue weighted by molar-refractivity contribution is -0.146. The van der Waals surface area contributed by atoms with Crippen molar-refractivity contribution in [2.75, 3.05) is 13.2 Å². The van der Waals surface area contributed by atoms with E-state index in [0.29, 0.717) is 12.4 Å². The minimum atomic E-state index is -0.498. The number of ether oxygens (including phenoxy) is 2. The minimum Gasteiger partial charge on any atom is -0.507 e. The summed E-state index contributed by atoms with van der Waals surface area (Å²) in [6, 6.07) is 4.09. The monoisotopic (exact) mass is 402 g/mol. The Morgan fingerprint density at radius 1 is 1.21 bits per heavy atom. The van der Waals surface area contributed by atoms with E-state index >= 15 is 0 Å². The van der Waals surface area contributed by atoms with Gasteiger partial charge in [-0.2, -0.15) is 0 Å². The van der Waals surface area contributed by atoms with Crippen LogP contribution in [0.1, 0.15) is 53.2 Å². The summed E-state index contributed by atoms with van der Waals surface area (Å²) in [5, 5.41) is 10.2. The van der Waals surface area contributed by atoms with Crippen LogP contribution < -0.4 is 10.2 Å². The Balaban J connectivity index is 0.00000204. The number of hydrogen-bond donors (Lipinski definition) is 1. The predicted molar refractivity (Wildman–Crippen MR) is 115 cm³/mol. The van der Waals surface area contributed by atoms with E-state index in [0.717, 1.165) is 18.4 Å². The molecule has 29 heavy (non-hydrogen) atoms. The van der Waals surface area contributed by atoms with Crippen molar-refractivity contribution in [3.05, 3.63) is 52.4 Å². The number of phenols is 1. The van der Waals surface area contributed by atoms with E-state index in [1.807, 2.05) is 52.8 Å². The Kier molecular flexibility index (Phi) is 10.3.